The molecule has 0 aromatic heterocycles. The maximum absolute atomic E-state index is 12.7. The molecule has 1 unspecified atom stereocenters. The number of morpholine rings is 1. The second-order valence-electron chi connectivity index (χ2n) is 6.60. The summed E-state index contributed by atoms with van der Waals surface area (Å²) in [7, 11) is 0. The highest BCUT2D eigenvalue weighted by Crippen LogP contribution is 2.23. The lowest BCUT2D eigenvalue weighted by Gasteiger charge is -2.40. The Balaban J connectivity index is 0.00000169. The molecule has 2 fully saturated rings. The van der Waals surface area contributed by atoms with Crippen LogP contribution < -0.4 is 5.32 Å². The molecule has 1 amide bonds. The molecule has 0 aliphatic carbocycles. The summed E-state index contributed by atoms with van der Waals surface area (Å²) in [4.78, 5) is 17.1. The highest BCUT2D eigenvalue weighted by Gasteiger charge is 2.33. The van der Waals surface area contributed by atoms with E-state index in [4.69, 9.17) is 16.3 Å². The van der Waals surface area contributed by atoms with Gasteiger partial charge < -0.3 is 15.0 Å². The Morgan fingerprint density at radius 3 is 2.38 bits per heavy atom. The first-order chi connectivity index (χ1) is 11.6. The van der Waals surface area contributed by atoms with E-state index in [2.05, 4.69) is 29.3 Å². The van der Waals surface area contributed by atoms with Gasteiger partial charge in [-0.05, 0) is 31.5 Å². The van der Waals surface area contributed by atoms with E-state index in [1.54, 1.807) is 0 Å². The zero-order valence-electron chi connectivity index (χ0n) is 15.2. The summed E-state index contributed by atoms with van der Waals surface area (Å²) in [6.45, 7) is 8.90. The third kappa shape index (κ3) is 5.47. The lowest BCUT2D eigenvalue weighted by atomic mass is 10.1. The average Bonchev–Trinajstić information content (AvgIpc) is 2.62. The fraction of sp³-hybridized carbons (Fsp3) is 0.611. The Kier molecular flexibility index (Phi) is 9.65. The van der Waals surface area contributed by atoms with Crippen LogP contribution in [-0.4, -0.2) is 67.2 Å². The van der Waals surface area contributed by atoms with E-state index in [9.17, 15) is 4.79 Å². The monoisotopic (exact) mass is 423 g/mol. The first-order valence-electron chi connectivity index (χ1n) is 8.69. The Morgan fingerprint density at radius 2 is 1.81 bits per heavy atom. The molecule has 26 heavy (non-hydrogen) atoms. The topological polar surface area (TPSA) is 44.8 Å². The van der Waals surface area contributed by atoms with E-state index in [0.29, 0.717) is 12.6 Å². The highest BCUT2D eigenvalue weighted by molar-refractivity contribution is 6.30. The number of hydrogen-bond acceptors (Lipinski definition) is 4. The van der Waals surface area contributed by atoms with E-state index in [1.165, 1.54) is 5.56 Å². The molecule has 1 N–H and O–H groups in total. The third-order valence-corrected chi connectivity index (χ3v) is 5.36. The van der Waals surface area contributed by atoms with Crippen molar-refractivity contribution in [1.82, 2.24) is 15.1 Å². The van der Waals surface area contributed by atoms with E-state index >= 15 is 0 Å². The van der Waals surface area contributed by atoms with Crippen LogP contribution in [0.15, 0.2) is 24.3 Å². The van der Waals surface area contributed by atoms with Gasteiger partial charge in [0.2, 0.25) is 5.91 Å². The van der Waals surface area contributed by atoms with Crippen LogP contribution in [-0.2, 0) is 9.53 Å². The van der Waals surface area contributed by atoms with E-state index < -0.39 is 0 Å². The van der Waals surface area contributed by atoms with Gasteiger partial charge in [0.15, 0.2) is 0 Å². The van der Waals surface area contributed by atoms with Gasteiger partial charge in [-0.2, -0.15) is 0 Å². The van der Waals surface area contributed by atoms with Crippen LogP contribution in [0.4, 0.5) is 0 Å². The average molecular weight is 425 g/mol. The van der Waals surface area contributed by atoms with Gasteiger partial charge in [-0.25, -0.2) is 0 Å². The number of carbonyl (C=O) groups excluding carboxylic acids is 1. The van der Waals surface area contributed by atoms with Crippen molar-refractivity contribution in [2.75, 3.05) is 39.3 Å². The molecule has 8 heteroatoms. The molecule has 2 aliphatic rings. The summed E-state index contributed by atoms with van der Waals surface area (Å²) < 4.78 is 5.60. The fourth-order valence-corrected chi connectivity index (χ4v) is 3.61. The number of nitrogens with zero attached hydrogens (tertiary/aromatic N) is 2. The summed E-state index contributed by atoms with van der Waals surface area (Å²) in [5, 5.41) is 4.05. The second kappa shape index (κ2) is 10.7. The molecule has 0 spiro atoms. The Labute approximate surface area is 173 Å². The van der Waals surface area contributed by atoms with Crippen molar-refractivity contribution in [1.29, 1.82) is 0 Å². The van der Waals surface area contributed by atoms with Crippen LogP contribution in [0.25, 0.3) is 0 Å². The lowest BCUT2D eigenvalue weighted by Crippen LogP contribution is -2.59. The zero-order chi connectivity index (χ0) is 17.1. The molecule has 1 aromatic carbocycles. The van der Waals surface area contributed by atoms with Crippen LogP contribution in [0, 0.1) is 0 Å². The SMILES string of the molecule is CC(c1ccc(Cl)cc1)N1CCN(C(=O)[C@H]2NCCO[C@@H]2C)CC1.Cl.Cl. The first-order valence-corrected chi connectivity index (χ1v) is 9.07. The van der Waals surface area contributed by atoms with Crippen LogP contribution in [0.3, 0.4) is 0 Å². The molecule has 2 heterocycles. The molecule has 0 bridgehead atoms. The van der Waals surface area contributed by atoms with Gasteiger partial charge in [-0.1, -0.05) is 23.7 Å². The van der Waals surface area contributed by atoms with Crippen molar-refractivity contribution in [3.63, 3.8) is 0 Å². The van der Waals surface area contributed by atoms with Gasteiger partial charge in [0.05, 0.1) is 12.7 Å². The molecule has 2 saturated heterocycles. The number of amides is 1. The summed E-state index contributed by atoms with van der Waals surface area (Å²) in [6.07, 6.45) is -0.0581. The number of hydrogen-bond donors (Lipinski definition) is 1. The maximum Gasteiger partial charge on any atom is 0.242 e. The molecular formula is C18H28Cl3N3O2. The number of benzene rings is 1. The minimum absolute atomic E-state index is 0. The summed E-state index contributed by atoms with van der Waals surface area (Å²) in [5.41, 5.74) is 1.26. The molecule has 1 aromatic rings. The summed E-state index contributed by atoms with van der Waals surface area (Å²) in [5.74, 6) is 0.168. The number of rotatable bonds is 3. The Bertz CT molecular complexity index is 565. The normalized spacial score (nSPS) is 25.0. The molecular weight excluding hydrogens is 397 g/mol. The van der Waals surface area contributed by atoms with E-state index in [1.807, 2.05) is 24.0 Å². The Hall–Kier alpha value is -0.560. The smallest absolute Gasteiger partial charge is 0.242 e. The van der Waals surface area contributed by atoms with Gasteiger partial charge >= 0.3 is 0 Å². The van der Waals surface area contributed by atoms with Crippen LogP contribution in [0.2, 0.25) is 5.02 Å². The quantitative estimate of drug-likeness (QED) is 0.810. The fourth-order valence-electron chi connectivity index (χ4n) is 3.49. The minimum atomic E-state index is -0.209. The molecule has 3 rings (SSSR count). The van der Waals surface area contributed by atoms with Gasteiger partial charge in [0, 0.05) is 43.8 Å². The largest absolute Gasteiger partial charge is 0.375 e. The predicted octanol–water partition coefficient (Wildman–Crippen LogP) is 2.77. The van der Waals surface area contributed by atoms with E-state index in [0.717, 1.165) is 37.7 Å². The number of piperazine rings is 1. The van der Waals surface area contributed by atoms with Gasteiger partial charge in [-0.3, -0.25) is 9.69 Å². The highest BCUT2D eigenvalue weighted by atomic mass is 35.5. The van der Waals surface area contributed by atoms with Crippen molar-refractivity contribution in [3.05, 3.63) is 34.9 Å². The summed E-state index contributed by atoms with van der Waals surface area (Å²) >= 11 is 5.97. The third-order valence-electron chi connectivity index (χ3n) is 5.11. The first kappa shape index (κ1) is 23.5. The van der Waals surface area contributed by atoms with Crippen molar-refractivity contribution in [2.24, 2.45) is 0 Å². The molecule has 0 radical (unpaired) electrons. The van der Waals surface area contributed by atoms with Crippen molar-refractivity contribution in [2.45, 2.75) is 32.0 Å². The summed E-state index contributed by atoms with van der Waals surface area (Å²) in [6, 6.07) is 8.14. The molecule has 0 saturated carbocycles. The minimum Gasteiger partial charge on any atom is -0.375 e. The van der Waals surface area contributed by atoms with Gasteiger partial charge in [0.25, 0.3) is 0 Å². The van der Waals surface area contributed by atoms with E-state index in [-0.39, 0.29) is 42.9 Å². The number of nitrogens with one attached hydrogen (secondary N) is 1. The van der Waals surface area contributed by atoms with Crippen LogP contribution in [0.5, 0.6) is 0 Å². The number of carbonyl (C=O) groups is 1. The van der Waals surface area contributed by atoms with Crippen molar-refractivity contribution in [3.8, 4) is 0 Å². The number of halogens is 3. The van der Waals surface area contributed by atoms with Crippen LogP contribution >= 0.6 is 36.4 Å². The van der Waals surface area contributed by atoms with Crippen molar-refractivity contribution >= 4 is 42.3 Å². The molecule has 2 aliphatic heterocycles. The standard InChI is InChI=1S/C18H26ClN3O2.2ClH/c1-13(15-3-5-16(19)6-4-15)21-8-10-22(11-9-21)18(23)17-14(2)24-12-7-20-17;;/h3-6,13-14,17,20H,7-12H2,1-2H3;2*1H/t13?,14-,17+;;/m1../s1. The molecule has 5 nitrogen and oxygen atoms in total. The Morgan fingerprint density at radius 1 is 1.19 bits per heavy atom. The second-order valence-corrected chi connectivity index (χ2v) is 7.03. The molecule has 3 atom stereocenters. The maximum atomic E-state index is 12.7. The molecule has 148 valence electrons. The van der Waals surface area contributed by atoms with Gasteiger partial charge in [0.1, 0.15) is 6.04 Å². The van der Waals surface area contributed by atoms with Crippen LogP contribution in [0.1, 0.15) is 25.5 Å². The lowest BCUT2D eigenvalue weighted by molar-refractivity contribution is -0.141. The van der Waals surface area contributed by atoms with Gasteiger partial charge in [-0.15, -0.1) is 24.8 Å². The number of ether oxygens (including phenoxy) is 1. The van der Waals surface area contributed by atoms with Crippen molar-refractivity contribution < 1.29 is 9.53 Å². The predicted molar refractivity (Wildman–Crippen MR) is 110 cm³/mol. The zero-order valence-corrected chi connectivity index (χ0v) is 17.6.